The first kappa shape index (κ1) is 16.5. The second kappa shape index (κ2) is 7.90. The van der Waals surface area contributed by atoms with Crippen LogP contribution in [0.2, 0.25) is 0 Å². The Kier molecular flexibility index (Phi) is 6.52. The van der Waals surface area contributed by atoms with Gasteiger partial charge in [0.1, 0.15) is 0 Å². The van der Waals surface area contributed by atoms with Crippen LogP contribution < -0.4 is 0 Å². The molecule has 4 heteroatoms. The molecule has 0 unspecified atom stereocenters. The van der Waals surface area contributed by atoms with Crippen LogP contribution in [0.5, 0.6) is 0 Å². The minimum Gasteiger partial charge on any atom is -0.270 e. The average molecular weight is 293 g/mol. The highest BCUT2D eigenvalue weighted by Gasteiger charge is 2.19. The molecular weight excluding hydrogens is 270 g/mol. The van der Waals surface area contributed by atoms with Crippen LogP contribution in [-0.2, 0) is 10.0 Å². The number of hydrogen-bond acceptors (Lipinski definition) is 2. The first-order chi connectivity index (χ1) is 9.52. The number of sulfonamides is 1. The van der Waals surface area contributed by atoms with Gasteiger partial charge in [-0.15, -0.1) is 0 Å². The topological polar surface area (TPSA) is 37.4 Å². The molecule has 110 valence electrons. The number of unbranched alkanes of at least 4 members (excludes halogenated alkanes) is 1. The van der Waals surface area contributed by atoms with Crippen molar-refractivity contribution >= 4 is 10.0 Å². The minimum atomic E-state index is -3.47. The molecule has 0 atom stereocenters. The Morgan fingerprint density at radius 1 is 1.15 bits per heavy atom. The van der Waals surface area contributed by atoms with Gasteiger partial charge in [-0.05, 0) is 32.4 Å². The smallest absolute Gasteiger partial charge is 0.264 e. The molecule has 0 amide bonds. The molecule has 0 aliphatic heterocycles. The van der Waals surface area contributed by atoms with Crippen LogP contribution in [0.25, 0.3) is 0 Å². The molecule has 1 aromatic carbocycles. The predicted octanol–water partition coefficient (Wildman–Crippen LogP) is 3.88. The lowest BCUT2D eigenvalue weighted by Crippen LogP contribution is -2.26. The number of rotatable bonds is 7. The van der Waals surface area contributed by atoms with Gasteiger partial charge >= 0.3 is 0 Å². The van der Waals surface area contributed by atoms with Crippen molar-refractivity contribution in [3.8, 4) is 0 Å². The first-order valence-corrected chi connectivity index (χ1v) is 8.32. The number of allylic oxidation sites excluding steroid dienone is 2. The zero-order chi connectivity index (χ0) is 15.0. The predicted molar refractivity (Wildman–Crippen MR) is 83.9 cm³/mol. The first-order valence-electron chi connectivity index (χ1n) is 6.88. The summed E-state index contributed by atoms with van der Waals surface area (Å²) in [5.74, 6) is 0. The number of nitrogens with zero attached hydrogens (tertiary/aromatic N) is 1. The minimum absolute atomic E-state index is 0.324. The Hall–Kier alpha value is -1.55. The van der Waals surface area contributed by atoms with E-state index in [-0.39, 0.29) is 0 Å². The average Bonchev–Trinajstić information content (AvgIpc) is 2.42. The van der Waals surface area contributed by atoms with Crippen molar-refractivity contribution < 1.29 is 8.42 Å². The van der Waals surface area contributed by atoms with E-state index in [9.17, 15) is 8.42 Å². The number of aryl methyl sites for hydroxylation is 1. The third-order valence-electron chi connectivity index (χ3n) is 2.85. The van der Waals surface area contributed by atoms with Crippen LogP contribution in [0.1, 0.15) is 32.3 Å². The van der Waals surface area contributed by atoms with Crippen LogP contribution in [0.15, 0.2) is 53.6 Å². The fourth-order valence-electron chi connectivity index (χ4n) is 1.71. The van der Waals surface area contributed by atoms with Gasteiger partial charge in [-0.3, -0.25) is 4.31 Å². The van der Waals surface area contributed by atoms with E-state index in [1.807, 2.05) is 38.1 Å². The molecule has 0 bridgehead atoms. The summed E-state index contributed by atoms with van der Waals surface area (Å²) >= 11 is 0. The van der Waals surface area contributed by atoms with E-state index in [0.717, 1.165) is 18.4 Å². The lowest BCUT2D eigenvalue weighted by molar-refractivity contribution is 0.522. The van der Waals surface area contributed by atoms with Gasteiger partial charge in [0.2, 0.25) is 0 Å². The molecule has 0 fully saturated rings. The number of benzene rings is 1. The molecule has 3 nitrogen and oxygen atoms in total. The molecular formula is C16H23NO2S. The highest BCUT2D eigenvalue weighted by Crippen LogP contribution is 2.16. The van der Waals surface area contributed by atoms with Gasteiger partial charge < -0.3 is 0 Å². The SMILES string of the molecule is C/C=C/N(C/C=C/CCC)S(=O)(=O)c1ccc(C)cc1. The quantitative estimate of drug-likeness (QED) is 0.716. The monoisotopic (exact) mass is 293 g/mol. The molecule has 1 rings (SSSR count). The third-order valence-corrected chi connectivity index (χ3v) is 4.61. The molecule has 0 heterocycles. The summed E-state index contributed by atoms with van der Waals surface area (Å²) in [5, 5.41) is 0. The molecule has 0 saturated carbocycles. The molecule has 0 aromatic heterocycles. The standard InChI is InChI=1S/C16H23NO2S/c1-4-6-7-8-14-17(13-5-2)20(18,19)16-11-9-15(3)10-12-16/h5,7-13H,4,6,14H2,1-3H3/b8-7+,13-5+. The fourth-order valence-corrected chi connectivity index (χ4v) is 3.03. The second-order valence-corrected chi connectivity index (χ2v) is 6.52. The van der Waals surface area contributed by atoms with Gasteiger partial charge in [-0.2, -0.15) is 0 Å². The van der Waals surface area contributed by atoms with E-state index in [1.54, 1.807) is 24.4 Å². The molecule has 0 saturated heterocycles. The van der Waals surface area contributed by atoms with Gasteiger partial charge in [-0.1, -0.05) is 49.3 Å². The molecule has 0 aliphatic carbocycles. The zero-order valence-electron chi connectivity index (χ0n) is 12.4. The van der Waals surface area contributed by atoms with Crippen LogP contribution >= 0.6 is 0 Å². The Balaban J connectivity index is 2.97. The van der Waals surface area contributed by atoms with Crippen molar-refractivity contribution in [1.29, 1.82) is 0 Å². The van der Waals surface area contributed by atoms with Crippen molar-refractivity contribution in [2.24, 2.45) is 0 Å². The molecule has 0 spiro atoms. The summed E-state index contributed by atoms with van der Waals surface area (Å²) in [5.41, 5.74) is 1.05. The number of hydrogen-bond donors (Lipinski definition) is 0. The van der Waals surface area contributed by atoms with Gasteiger partial charge in [0, 0.05) is 6.20 Å². The van der Waals surface area contributed by atoms with E-state index in [2.05, 4.69) is 6.92 Å². The highest BCUT2D eigenvalue weighted by atomic mass is 32.2. The molecule has 20 heavy (non-hydrogen) atoms. The van der Waals surface area contributed by atoms with Crippen molar-refractivity contribution in [2.75, 3.05) is 6.54 Å². The Labute approximate surface area is 122 Å². The molecule has 0 N–H and O–H groups in total. The van der Waals surface area contributed by atoms with Crippen molar-refractivity contribution in [3.63, 3.8) is 0 Å². The summed E-state index contributed by atoms with van der Waals surface area (Å²) in [6, 6.07) is 6.93. The fraction of sp³-hybridized carbons (Fsp3) is 0.375. The zero-order valence-corrected chi connectivity index (χ0v) is 13.2. The van der Waals surface area contributed by atoms with E-state index in [1.165, 1.54) is 4.31 Å². The molecule has 1 aromatic rings. The van der Waals surface area contributed by atoms with Gasteiger partial charge in [0.25, 0.3) is 10.0 Å². The van der Waals surface area contributed by atoms with Gasteiger partial charge in [0.15, 0.2) is 0 Å². The van der Waals surface area contributed by atoms with Gasteiger partial charge in [-0.25, -0.2) is 8.42 Å². The van der Waals surface area contributed by atoms with E-state index in [0.29, 0.717) is 11.4 Å². The lowest BCUT2D eigenvalue weighted by atomic mass is 10.2. The summed E-state index contributed by atoms with van der Waals surface area (Å²) in [4.78, 5) is 0.324. The second-order valence-electron chi connectivity index (χ2n) is 4.63. The van der Waals surface area contributed by atoms with Crippen LogP contribution in [-0.4, -0.2) is 19.3 Å². The maximum atomic E-state index is 12.5. The van der Waals surface area contributed by atoms with Crippen LogP contribution in [0.3, 0.4) is 0 Å². The maximum Gasteiger partial charge on any atom is 0.264 e. The summed E-state index contributed by atoms with van der Waals surface area (Å²) in [6.07, 6.45) is 9.28. The molecule has 0 aliphatic rings. The maximum absolute atomic E-state index is 12.5. The van der Waals surface area contributed by atoms with E-state index in [4.69, 9.17) is 0 Å². The Bertz CT molecular complexity index is 557. The largest absolute Gasteiger partial charge is 0.270 e. The van der Waals surface area contributed by atoms with Crippen molar-refractivity contribution in [3.05, 3.63) is 54.3 Å². The summed E-state index contributed by atoms with van der Waals surface area (Å²) < 4.78 is 26.4. The highest BCUT2D eigenvalue weighted by molar-refractivity contribution is 7.89. The van der Waals surface area contributed by atoms with Crippen molar-refractivity contribution in [1.82, 2.24) is 4.31 Å². The van der Waals surface area contributed by atoms with Crippen LogP contribution in [0, 0.1) is 6.92 Å². The Morgan fingerprint density at radius 2 is 1.80 bits per heavy atom. The van der Waals surface area contributed by atoms with Gasteiger partial charge in [0.05, 0.1) is 11.4 Å². The summed E-state index contributed by atoms with van der Waals surface area (Å²) in [7, 11) is -3.47. The van der Waals surface area contributed by atoms with E-state index < -0.39 is 10.0 Å². The third kappa shape index (κ3) is 4.53. The van der Waals surface area contributed by atoms with Crippen molar-refractivity contribution in [2.45, 2.75) is 38.5 Å². The molecule has 0 radical (unpaired) electrons. The normalized spacial score (nSPS) is 12.3. The Morgan fingerprint density at radius 3 is 2.35 bits per heavy atom. The lowest BCUT2D eigenvalue weighted by Gasteiger charge is -2.19. The summed E-state index contributed by atoms with van der Waals surface area (Å²) in [6.45, 7) is 6.21. The van der Waals surface area contributed by atoms with E-state index >= 15 is 0 Å². The van der Waals surface area contributed by atoms with Crippen LogP contribution in [0.4, 0.5) is 0 Å².